The van der Waals surface area contributed by atoms with Crippen molar-refractivity contribution in [1.82, 2.24) is 19.3 Å². The van der Waals surface area contributed by atoms with E-state index in [4.69, 9.17) is 10.5 Å². The molecule has 1 aliphatic carbocycles. The summed E-state index contributed by atoms with van der Waals surface area (Å²) >= 11 is 0. The van der Waals surface area contributed by atoms with Crippen LogP contribution in [0.25, 0.3) is 33.1 Å². The summed E-state index contributed by atoms with van der Waals surface area (Å²) in [6, 6.07) is 9.39. The number of carbonyl (C=O) groups is 2. The Morgan fingerprint density at radius 3 is 2.47 bits per heavy atom. The zero-order chi connectivity index (χ0) is 32.2. The minimum absolute atomic E-state index is 0.0184. The highest BCUT2D eigenvalue weighted by molar-refractivity contribution is 6.19. The molecule has 0 atom stereocenters. The molecule has 1 saturated carbocycles. The minimum atomic E-state index is -1.12. The van der Waals surface area contributed by atoms with Gasteiger partial charge in [0, 0.05) is 48.1 Å². The number of benzene rings is 2. The van der Waals surface area contributed by atoms with Crippen molar-refractivity contribution >= 4 is 33.7 Å². The number of nitrogens with zero attached hydrogens (tertiary/aromatic N) is 3. The maximum Gasteiger partial charge on any atom is 0.283 e. The Kier molecular flexibility index (Phi) is 7.32. The molecular weight excluding hydrogens is 587 g/mol. The van der Waals surface area contributed by atoms with Crippen LogP contribution in [0.4, 0.5) is 13.2 Å². The van der Waals surface area contributed by atoms with Crippen LogP contribution in [-0.2, 0) is 11.8 Å². The van der Waals surface area contributed by atoms with Gasteiger partial charge in [-0.05, 0) is 50.1 Å². The second-order valence-corrected chi connectivity index (χ2v) is 11.3. The van der Waals surface area contributed by atoms with E-state index in [1.807, 2.05) is 6.92 Å². The molecule has 3 aromatic heterocycles. The highest BCUT2D eigenvalue weighted by atomic mass is 19.1. The molecule has 3 N–H and O–H groups in total. The molecule has 12 heteroatoms. The van der Waals surface area contributed by atoms with Crippen LogP contribution in [0.5, 0.6) is 5.75 Å². The molecule has 0 spiro atoms. The summed E-state index contributed by atoms with van der Waals surface area (Å²) in [5, 5.41) is 2.97. The van der Waals surface area contributed by atoms with Gasteiger partial charge in [0.2, 0.25) is 11.7 Å². The number of halogens is 3. The average Bonchev–Trinajstić information content (AvgIpc) is 3.57. The molecule has 9 nitrogen and oxygen atoms in total. The molecule has 2 aromatic carbocycles. The zero-order valence-electron chi connectivity index (χ0n) is 24.6. The molecule has 230 valence electrons. The number of amides is 1. The maximum absolute atomic E-state index is 16.1. The molecule has 5 aromatic rings. The Bertz CT molecular complexity index is 2120. The Labute approximate surface area is 254 Å². The molecule has 1 fully saturated rings. The predicted octanol–water partition coefficient (Wildman–Crippen LogP) is 4.52. The number of methoxy groups -OCH3 is 1. The molecule has 1 aliphatic rings. The van der Waals surface area contributed by atoms with Crippen molar-refractivity contribution in [3.63, 3.8) is 0 Å². The highest BCUT2D eigenvalue weighted by Gasteiger charge is 2.36. The van der Waals surface area contributed by atoms with Crippen molar-refractivity contribution in [2.75, 3.05) is 13.7 Å². The van der Waals surface area contributed by atoms with Crippen molar-refractivity contribution < 1.29 is 27.5 Å². The van der Waals surface area contributed by atoms with Gasteiger partial charge < -0.3 is 24.8 Å². The molecular formula is C33H28F3N5O4. The molecule has 3 heterocycles. The van der Waals surface area contributed by atoms with E-state index < -0.39 is 40.3 Å². The number of hydrogen-bond donors (Lipinski definition) is 2. The van der Waals surface area contributed by atoms with Gasteiger partial charge in [-0.15, -0.1) is 0 Å². The maximum atomic E-state index is 16.1. The molecule has 45 heavy (non-hydrogen) atoms. The molecule has 0 bridgehead atoms. The first kappa shape index (κ1) is 29.8. The van der Waals surface area contributed by atoms with E-state index in [0.29, 0.717) is 11.1 Å². The SMILES string of the molecule is COc1cc2c(c(F)c1-c1cccn3c(C(=O)c4cc(F)c(C(=CCNC5(C)CC5)C(N)=O)c(F)c4)ccc13)c(=O)ncn2C. The lowest BCUT2D eigenvalue weighted by molar-refractivity contribution is -0.112. The third-order valence-electron chi connectivity index (χ3n) is 8.24. The van der Waals surface area contributed by atoms with Crippen LogP contribution in [0.1, 0.15) is 41.4 Å². The smallest absolute Gasteiger partial charge is 0.283 e. The van der Waals surface area contributed by atoms with E-state index in [1.165, 1.54) is 40.6 Å². The number of fused-ring (bicyclic) bond motifs is 2. The standard InChI is InChI=1S/C33H28F3N5O4/c1-33(9-10-33)39-11-8-19(31(37)43)26-20(34)13-17(14-21(26)35)30(42)23-7-6-22-18(5-4-12-41(22)23)27-25(45-3)15-24-28(29(27)36)32(44)38-16-40(24)2/h4-8,12-16,39H,9-11H2,1-3H3,(H2,37,43). The minimum Gasteiger partial charge on any atom is -0.496 e. The second kappa shape index (κ2) is 11.0. The summed E-state index contributed by atoms with van der Waals surface area (Å²) in [4.78, 5) is 42.0. The summed E-state index contributed by atoms with van der Waals surface area (Å²) < 4.78 is 55.2. The van der Waals surface area contributed by atoms with E-state index in [2.05, 4.69) is 10.3 Å². The monoisotopic (exact) mass is 615 g/mol. The lowest BCUT2D eigenvalue weighted by atomic mass is 9.99. The van der Waals surface area contributed by atoms with Gasteiger partial charge in [0.1, 0.15) is 28.6 Å². The number of rotatable bonds is 9. The van der Waals surface area contributed by atoms with Crippen LogP contribution in [0.15, 0.2) is 65.9 Å². The second-order valence-electron chi connectivity index (χ2n) is 11.3. The summed E-state index contributed by atoms with van der Waals surface area (Å²) in [5.41, 5.74) is 4.32. The fourth-order valence-corrected chi connectivity index (χ4v) is 5.51. The lowest BCUT2D eigenvalue weighted by Crippen LogP contribution is -2.28. The third-order valence-corrected chi connectivity index (χ3v) is 8.24. The van der Waals surface area contributed by atoms with Crippen LogP contribution in [0, 0.1) is 17.5 Å². The number of pyridine rings is 1. The van der Waals surface area contributed by atoms with E-state index in [9.17, 15) is 14.4 Å². The number of nitrogens with two attached hydrogens (primary N) is 1. The first-order chi connectivity index (χ1) is 21.4. The fraction of sp³-hybridized carbons (Fsp3) is 0.212. The van der Waals surface area contributed by atoms with Crippen LogP contribution in [0.2, 0.25) is 0 Å². The summed E-state index contributed by atoms with van der Waals surface area (Å²) in [5.74, 6) is -4.69. The van der Waals surface area contributed by atoms with Gasteiger partial charge in [-0.3, -0.25) is 14.4 Å². The summed E-state index contributed by atoms with van der Waals surface area (Å²) in [6.07, 6.45) is 6.06. The predicted molar refractivity (Wildman–Crippen MR) is 162 cm³/mol. The van der Waals surface area contributed by atoms with Gasteiger partial charge in [-0.2, -0.15) is 4.98 Å². The highest BCUT2D eigenvalue weighted by Crippen LogP contribution is 2.39. The van der Waals surface area contributed by atoms with Crippen LogP contribution in [0.3, 0.4) is 0 Å². The normalized spacial score (nSPS) is 14.2. The number of nitrogens with one attached hydrogen (secondary N) is 1. The van der Waals surface area contributed by atoms with Crippen LogP contribution in [-0.4, -0.2) is 44.8 Å². The van der Waals surface area contributed by atoms with Gasteiger partial charge in [0.25, 0.3) is 5.56 Å². The van der Waals surface area contributed by atoms with Crippen LogP contribution < -0.4 is 21.3 Å². The molecule has 1 amide bonds. The van der Waals surface area contributed by atoms with E-state index in [0.717, 1.165) is 25.0 Å². The quantitative estimate of drug-likeness (QED) is 0.186. The van der Waals surface area contributed by atoms with Gasteiger partial charge >= 0.3 is 0 Å². The van der Waals surface area contributed by atoms with Crippen molar-refractivity contribution in [3.8, 4) is 16.9 Å². The molecule has 0 saturated heterocycles. The number of primary amides is 1. The van der Waals surface area contributed by atoms with E-state index >= 15 is 13.2 Å². The number of aromatic nitrogens is 3. The number of hydrogen-bond acceptors (Lipinski definition) is 6. The number of aryl methyl sites for hydroxylation is 1. The summed E-state index contributed by atoms with van der Waals surface area (Å²) in [7, 11) is 2.99. The number of ether oxygens (including phenoxy) is 1. The molecule has 0 unspecified atom stereocenters. The molecule has 0 aliphatic heterocycles. The van der Waals surface area contributed by atoms with Gasteiger partial charge in [-0.25, -0.2) is 13.2 Å². The lowest BCUT2D eigenvalue weighted by Gasteiger charge is -2.15. The Balaban J connectivity index is 1.41. The van der Waals surface area contributed by atoms with Gasteiger partial charge in [0.15, 0.2) is 0 Å². The topological polar surface area (TPSA) is 121 Å². The van der Waals surface area contributed by atoms with Crippen molar-refractivity contribution in [2.24, 2.45) is 12.8 Å². The van der Waals surface area contributed by atoms with Gasteiger partial charge in [0.05, 0.1) is 41.3 Å². The summed E-state index contributed by atoms with van der Waals surface area (Å²) in [6.45, 7) is 2.18. The molecule has 0 radical (unpaired) electrons. The van der Waals surface area contributed by atoms with Gasteiger partial charge in [-0.1, -0.05) is 12.1 Å². The Hall–Kier alpha value is -5.23. The first-order valence-electron chi connectivity index (χ1n) is 14.1. The fourth-order valence-electron chi connectivity index (χ4n) is 5.51. The van der Waals surface area contributed by atoms with Crippen molar-refractivity contribution in [2.45, 2.75) is 25.3 Å². The number of carbonyl (C=O) groups excluding carboxylic acids is 2. The largest absolute Gasteiger partial charge is 0.496 e. The zero-order valence-corrected chi connectivity index (χ0v) is 24.6. The van der Waals surface area contributed by atoms with Crippen molar-refractivity contribution in [1.29, 1.82) is 0 Å². The van der Waals surface area contributed by atoms with E-state index in [1.54, 1.807) is 31.4 Å². The van der Waals surface area contributed by atoms with Crippen LogP contribution >= 0.6 is 0 Å². The number of ketones is 1. The third kappa shape index (κ3) is 5.16. The van der Waals surface area contributed by atoms with Crippen molar-refractivity contribution in [3.05, 3.63) is 106 Å². The van der Waals surface area contributed by atoms with E-state index in [-0.39, 0.29) is 51.1 Å². The first-order valence-corrected chi connectivity index (χ1v) is 14.1. The Morgan fingerprint density at radius 1 is 1.11 bits per heavy atom. The Morgan fingerprint density at radius 2 is 1.82 bits per heavy atom. The average molecular weight is 616 g/mol. The molecule has 6 rings (SSSR count).